The number of carboxylic acid groups (broad SMARTS) is 1. The Labute approximate surface area is 127 Å². The third-order valence-corrected chi connectivity index (χ3v) is 5.54. The first-order valence-corrected chi connectivity index (χ1v) is 8.05. The second-order valence-corrected chi connectivity index (χ2v) is 7.31. The van der Waals surface area contributed by atoms with Crippen molar-refractivity contribution in [3.05, 3.63) is 0 Å². The summed E-state index contributed by atoms with van der Waals surface area (Å²) in [4.78, 5) is 27.9. The second kappa shape index (κ2) is 5.85. The first kappa shape index (κ1) is 16.1. The minimum atomic E-state index is -0.771. The molecule has 0 spiro atoms. The summed E-state index contributed by atoms with van der Waals surface area (Å²) in [5.74, 6) is 0.435. The lowest BCUT2D eigenvalue weighted by Crippen LogP contribution is -2.45. The van der Waals surface area contributed by atoms with Gasteiger partial charge in [-0.25, -0.2) is 4.79 Å². The Bertz CT molecular complexity index is 422. The normalized spacial score (nSPS) is 29.7. The molecule has 0 aromatic rings. The monoisotopic (exact) mass is 296 g/mol. The molecule has 120 valence electrons. The van der Waals surface area contributed by atoms with E-state index in [1.54, 1.807) is 4.90 Å². The zero-order valence-electron chi connectivity index (χ0n) is 13.6. The molecule has 0 bridgehead atoms. The van der Waals surface area contributed by atoms with Crippen molar-refractivity contribution in [3.63, 3.8) is 0 Å². The van der Waals surface area contributed by atoms with Crippen molar-refractivity contribution >= 4 is 12.0 Å². The minimum Gasteiger partial charge on any atom is -0.481 e. The minimum absolute atomic E-state index is 0.0296. The lowest BCUT2D eigenvalue weighted by molar-refractivity contribution is -0.150. The fourth-order valence-electron chi connectivity index (χ4n) is 3.59. The molecular weight excluding hydrogens is 268 g/mol. The Kier molecular flexibility index (Phi) is 4.49. The van der Waals surface area contributed by atoms with Gasteiger partial charge in [0.25, 0.3) is 0 Å². The maximum atomic E-state index is 12.6. The SMILES string of the molecule is CC(C)C1CCN(C(=O)N2CCC(C(=O)O)(C(C)C)C2)C1. The van der Waals surface area contributed by atoms with Crippen LogP contribution in [-0.2, 0) is 4.79 Å². The highest BCUT2D eigenvalue weighted by atomic mass is 16.4. The molecule has 2 rings (SSSR count). The van der Waals surface area contributed by atoms with Crippen LogP contribution in [0.3, 0.4) is 0 Å². The lowest BCUT2D eigenvalue weighted by atomic mass is 9.76. The number of amides is 2. The van der Waals surface area contributed by atoms with E-state index in [0.29, 0.717) is 31.3 Å². The van der Waals surface area contributed by atoms with Gasteiger partial charge >= 0.3 is 12.0 Å². The maximum absolute atomic E-state index is 12.6. The number of carboxylic acids is 1. The smallest absolute Gasteiger partial charge is 0.320 e. The van der Waals surface area contributed by atoms with Crippen LogP contribution < -0.4 is 0 Å². The van der Waals surface area contributed by atoms with Crippen LogP contribution in [0.2, 0.25) is 0 Å². The van der Waals surface area contributed by atoms with Crippen LogP contribution in [0.1, 0.15) is 40.5 Å². The van der Waals surface area contributed by atoms with Gasteiger partial charge in [0.15, 0.2) is 0 Å². The Morgan fingerprint density at radius 3 is 2.24 bits per heavy atom. The number of hydrogen-bond donors (Lipinski definition) is 1. The molecule has 2 fully saturated rings. The maximum Gasteiger partial charge on any atom is 0.320 e. The molecule has 5 nitrogen and oxygen atoms in total. The van der Waals surface area contributed by atoms with Crippen LogP contribution in [0.4, 0.5) is 4.79 Å². The average Bonchev–Trinajstić information content (AvgIpc) is 3.06. The number of aliphatic carboxylic acids is 1. The molecule has 2 aliphatic rings. The molecule has 2 heterocycles. The van der Waals surface area contributed by atoms with Crippen LogP contribution in [0.15, 0.2) is 0 Å². The number of rotatable bonds is 3. The van der Waals surface area contributed by atoms with Crippen molar-refractivity contribution in [2.75, 3.05) is 26.2 Å². The molecule has 0 saturated carbocycles. The van der Waals surface area contributed by atoms with E-state index in [-0.39, 0.29) is 11.9 Å². The standard InChI is InChI=1S/C16H28N2O3/c1-11(2)13-5-7-17(9-13)15(21)18-8-6-16(10-18,12(3)4)14(19)20/h11-13H,5-10H2,1-4H3,(H,19,20). The van der Waals surface area contributed by atoms with Crippen LogP contribution in [-0.4, -0.2) is 53.1 Å². The zero-order valence-corrected chi connectivity index (χ0v) is 13.6. The van der Waals surface area contributed by atoms with Crippen LogP contribution in [0.25, 0.3) is 0 Å². The number of carbonyl (C=O) groups is 2. The Balaban J connectivity index is 2.01. The Morgan fingerprint density at radius 2 is 1.81 bits per heavy atom. The van der Waals surface area contributed by atoms with E-state index in [9.17, 15) is 14.7 Å². The summed E-state index contributed by atoms with van der Waals surface area (Å²) in [6.07, 6.45) is 1.62. The fourth-order valence-corrected chi connectivity index (χ4v) is 3.59. The van der Waals surface area contributed by atoms with Gasteiger partial charge in [0.1, 0.15) is 0 Å². The summed E-state index contributed by atoms with van der Waals surface area (Å²) in [6, 6.07) is 0.0296. The van der Waals surface area contributed by atoms with E-state index in [1.807, 2.05) is 18.7 Å². The van der Waals surface area contributed by atoms with Gasteiger partial charge in [-0.05, 0) is 30.6 Å². The van der Waals surface area contributed by atoms with Gasteiger partial charge in [0, 0.05) is 26.2 Å². The van der Waals surface area contributed by atoms with Crippen molar-refractivity contribution in [2.24, 2.45) is 23.2 Å². The van der Waals surface area contributed by atoms with E-state index < -0.39 is 11.4 Å². The zero-order chi connectivity index (χ0) is 15.8. The summed E-state index contributed by atoms with van der Waals surface area (Å²) >= 11 is 0. The Morgan fingerprint density at radius 1 is 1.14 bits per heavy atom. The highest BCUT2D eigenvalue weighted by molar-refractivity contribution is 5.80. The highest BCUT2D eigenvalue weighted by Crippen LogP contribution is 2.39. The van der Waals surface area contributed by atoms with Gasteiger partial charge < -0.3 is 14.9 Å². The molecule has 0 aromatic heterocycles. The van der Waals surface area contributed by atoms with Gasteiger partial charge in [-0.1, -0.05) is 27.7 Å². The molecule has 2 amide bonds. The third kappa shape index (κ3) is 2.87. The van der Waals surface area contributed by atoms with Crippen LogP contribution in [0, 0.1) is 23.2 Å². The van der Waals surface area contributed by atoms with E-state index in [2.05, 4.69) is 13.8 Å². The fraction of sp³-hybridized carbons (Fsp3) is 0.875. The van der Waals surface area contributed by atoms with Crippen LogP contribution in [0.5, 0.6) is 0 Å². The lowest BCUT2D eigenvalue weighted by Gasteiger charge is -2.30. The molecule has 21 heavy (non-hydrogen) atoms. The van der Waals surface area contributed by atoms with Gasteiger partial charge in [-0.2, -0.15) is 0 Å². The molecule has 2 saturated heterocycles. The second-order valence-electron chi connectivity index (χ2n) is 7.31. The summed E-state index contributed by atoms with van der Waals surface area (Å²) in [5.41, 5.74) is -0.771. The molecule has 0 radical (unpaired) electrons. The average molecular weight is 296 g/mol. The van der Waals surface area contributed by atoms with Crippen molar-refractivity contribution < 1.29 is 14.7 Å². The summed E-state index contributed by atoms with van der Waals surface area (Å²) < 4.78 is 0. The van der Waals surface area contributed by atoms with E-state index in [4.69, 9.17) is 0 Å². The first-order chi connectivity index (χ1) is 9.78. The molecule has 2 aliphatic heterocycles. The molecule has 2 unspecified atom stereocenters. The van der Waals surface area contributed by atoms with Gasteiger partial charge in [0.05, 0.1) is 5.41 Å². The van der Waals surface area contributed by atoms with Crippen molar-refractivity contribution in [2.45, 2.75) is 40.5 Å². The molecule has 5 heteroatoms. The predicted molar refractivity (Wildman–Crippen MR) is 81.0 cm³/mol. The summed E-state index contributed by atoms with van der Waals surface area (Å²) in [6.45, 7) is 10.8. The van der Waals surface area contributed by atoms with Crippen molar-refractivity contribution in [1.29, 1.82) is 0 Å². The largest absolute Gasteiger partial charge is 0.481 e. The summed E-state index contributed by atoms with van der Waals surface area (Å²) in [7, 11) is 0. The van der Waals surface area contributed by atoms with Gasteiger partial charge in [-0.3, -0.25) is 4.79 Å². The third-order valence-electron chi connectivity index (χ3n) is 5.54. The van der Waals surface area contributed by atoms with Gasteiger partial charge in [0.2, 0.25) is 0 Å². The van der Waals surface area contributed by atoms with E-state index >= 15 is 0 Å². The van der Waals surface area contributed by atoms with Crippen LogP contribution >= 0.6 is 0 Å². The molecule has 2 atom stereocenters. The number of carbonyl (C=O) groups excluding carboxylic acids is 1. The number of nitrogens with zero attached hydrogens (tertiary/aromatic N) is 2. The number of urea groups is 1. The predicted octanol–water partition coefficient (Wildman–Crippen LogP) is 2.52. The summed E-state index contributed by atoms with van der Waals surface area (Å²) in [5, 5.41) is 9.56. The van der Waals surface area contributed by atoms with Crippen molar-refractivity contribution in [3.8, 4) is 0 Å². The molecular formula is C16H28N2O3. The van der Waals surface area contributed by atoms with Gasteiger partial charge in [-0.15, -0.1) is 0 Å². The molecule has 1 N–H and O–H groups in total. The molecule has 0 aliphatic carbocycles. The topological polar surface area (TPSA) is 60.9 Å². The number of likely N-dealkylation sites (tertiary alicyclic amines) is 2. The first-order valence-electron chi connectivity index (χ1n) is 8.05. The highest BCUT2D eigenvalue weighted by Gasteiger charge is 2.49. The van der Waals surface area contributed by atoms with E-state index in [1.165, 1.54) is 0 Å². The quantitative estimate of drug-likeness (QED) is 0.870. The molecule has 0 aromatic carbocycles. The number of hydrogen-bond acceptors (Lipinski definition) is 2. The Hall–Kier alpha value is -1.26. The van der Waals surface area contributed by atoms with E-state index in [0.717, 1.165) is 19.5 Å². The van der Waals surface area contributed by atoms with Crippen molar-refractivity contribution in [1.82, 2.24) is 9.80 Å².